The van der Waals surface area contributed by atoms with Crippen LogP contribution in [-0.4, -0.2) is 52.8 Å². The number of fused-ring (bicyclic) bond motifs is 1. The Morgan fingerprint density at radius 1 is 0.971 bits per heavy atom. The molecule has 1 aliphatic rings. The third kappa shape index (κ3) is 4.43. The van der Waals surface area contributed by atoms with E-state index in [2.05, 4.69) is 15.2 Å². The fraction of sp³-hybridized carbons (Fsp3) is 0.222. The van der Waals surface area contributed by atoms with E-state index in [1.54, 1.807) is 6.92 Å². The number of rotatable bonds is 6. The molecule has 1 aliphatic heterocycles. The topological polar surface area (TPSA) is 80.0 Å². The summed E-state index contributed by atoms with van der Waals surface area (Å²) in [6, 6.07) is 21.5. The van der Waals surface area contributed by atoms with Crippen molar-refractivity contribution in [1.82, 2.24) is 9.78 Å². The van der Waals surface area contributed by atoms with Crippen LogP contribution < -0.4 is 4.90 Å². The summed E-state index contributed by atoms with van der Waals surface area (Å²) in [5.74, 6) is 0.0942. The zero-order chi connectivity index (χ0) is 23.5. The van der Waals surface area contributed by atoms with Gasteiger partial charge in [-0.25, -0.2) is 4.68 Å². The van der Waals surface area contributed by atoms with Crippen LogP contribution in [0.25, 0.3) is 16.6 Å². The predicted molar refractivity (Wildman–Crippen MR) is 133 cm³/mol. The first-order valence-electron chi connectivity index (χ1n) is 11.3. The maximum Gasteiger partial charge on any atom is 0.167 e. The Bertz CT molecular complexity index is 1330. The minimum Gasteiger partial charge on any atom is -0.411 e. The van der Waals surface area contributed by atoms with E-state index >= 15 is 0 Å². The highest BCUT2D eigenvalue weighted by atomic mass is 16.5. The van der Waals surface area contributed by atoms with E-state index in [4.69, 9.17) is 9.94 Å². The summed E-state index contributed by atoms with van der Waals surface area (Å²) in [5.41, 5.74) is 6.08. The molecule has 0 atom stereocenters. The molecule has 0 spiro atoms. The molecule has 4 aromatic rings. The summed E-state index contributed by atoms with van der Waals surface area (Å²) in [6.45, 7) is 4.98. The molecule has 1 aromatic heterocycles. The summed E-state index contributed by atoms with van der Waals surface area (Å²) in [5, 5.41) is 17.7. The predicted octanol–water partition coefficient (Wildman–Crippen LogP) is 4.49. The first-order valence-corrected chi connectivity index (χ1v) is 11.3. The molecule has 1 N–H and O–H groups in total. The number of anilines is 1. The van der Waals surface area contributed by atoms with Crippen LogP contribution in [0.15, 0.2) is 78.1 Å². The standard InChI is InChI=1S/C27H26N4O3/c1-19(29-33)21-3-9-25(10-4-21)31-26-11-2-20(16-23(26)18-28-31)17-27(32)22-5-7-24(8-6-22)30-12-14-34-15-13-30/h2-11,16,18,33H,12-15,17H2,1H3/b29-19+. The van der Waals surface area contributed by atoms with Gasteiger partial charge in [-0.15, -0.1) is 0 Å². The molecule has 0 bridgehead atoms. The second-order valence-corrected chi connectivity index (χ2v) is 8.43. The number of benzene rings is 3. The number of hydrogen-bond donors (Lipinski definition) is 1. The van der Waals surface area contributed by atoms with Crippen LogP contribution >= 0.6 is 0 Å². The van der Waals surface area contributed by atoms with Crippen molar-refractivity contribution >= 4 is 28.1 Å². The smallest absolute Gasteiger partial charge is 0.167 e. The number of ether oxygens (including phenoxy) is 1. The third-order valence-electron chi connectivity index (χ3n) is 6.24. The van der Waals surface area contributed by atoms with E-state index in [1.807, 2.05) is 77.6 Å². The molecule has 34 heavy (non-hydrogen) atoms. The fourth-order valence-corrected chi connectivity index (χ4v) is 4.27. The van der Waals surface area contributed by atoms with Gasteiger partial charge in [0.25, 0.3) is 0 Å². The lowest BCUT2D eigenvalue weighted by atomic mass is 10.0. The molecule has 1 saturated heterocycles. The first kappa shape index (κ1) is 21.9. The van der Waals surface area contributed by atoms with Gasteiger partial charge in [0, 0.05) is 36.1 Å². The number of ketones is 1. The van der Waals surface area contributed by atoms with E-state index in [-0.39, 0.29) is 5.78 Å². The van der Waals surface area contributed by atoms with Crippen LogP contribution in [-0.2, 0) is 11.2 Å². The number of Topliss-reactive ketones (excluding diaryl/α,β-unsaturated/α-hetero) is 1. The molecule has 7 nitrogen and oxygen atoms in total. The Morgan fingerprint density at radius 2 is 1.65 bits per heavy atom. The molecule has 0 saturated carbocycles. The highest BCUT2D eigenvalue weighted by Gasteiger charge is 2.13. The van der Waals surface area contributed by atoms with Gasteiger partial charge in [0.2, 0.25) is 0 Å². The SMILES string of the molecule is C/C(=N\O)c1ccc(-n2ncc3cc(CC(=O)c4ccc(N5CCOCC5)cc4)ccc32)cc1. The zero-order valence-electron chi connectivity index (χ0n) is 19.0. The van der Waals surface area contributed by atoms with Gasteiger partial charge >= 0.3 is 0 Å². The summed E-state index contributed by atoms with van der Waals surface area (Å²) < 4.78 is 7.27. The van der Waals surface area contributed by atoms with Crippen molar-refractivity contribution in [2.24, 2.45) is 5.16 Å². The third-order valence-corrected chi connectivity index (χ3v) is 6.24. The monoisotopic (exact) mass is 454 g/mol. The van der Waals surface area contributed by atoms with Crippen LogP contribution in [0.3, 0.4) is 0 Å². The maximum absolute atomic E-state index is 12.9. The summed E-state index contributed by atoms with van der Waals surface area (Å²) in [6.07, 6.45) is 2.15. The van der Waals surface area contributed by atoms with Gasteiger partial charge in [-0.2, -0.15) is 5.10 Å². The quantitative estimate of drug-likeness (QED) is 0.201. The number of aromatic nitrogens is 2. The van der Waals surface area contributed by atoms with Gasteiger partial charge in [0.05, 0.1) is 36.3 Å². The molecule has 0 radical (unpaired) electrons. The first-order chi connectivity index (χ1) is 16.6. The molecular formula is C27H26N4O3. The van der Waals surface area contributed by atoms with E-state index in [0.29, 0.717) is 12.1 Å². The second kappa shape index (κ2) is 9.49. The van der Waals surface area contributed by atoms with Crippen molar-refractivity contribution in [3.05, 3.63) is 89.6 Å². The molecule has 0 amide bonds. The van der Waals surface area contributed by atoms with E-state index in [0.717, 1.165) is 65.3 Å². The lowest BCUT2D eigenvalue weighted by Gasteiger charge is -2.28. The van der Waals surface area contributed by atoms with Gasteiger partial charge in [-0.3, -0.25) is 4.79 Å². The Hall–Kier alpha value is -3.97. The lowest BCUT2D eigenvalue weighted by molar-refractivity contribution is 0.0993. The Labute approximate surface area is 197 Å². The summed E-state index contributed by atoms with van der Waals surface area (Å²) in [7, 11) is 0. The normalized spacial score (nSPS) is 14.5. The van der Waals surface area contributed by atoms with Crippen molar-refractivity contribution < 1.29 is 14.7 Å². The highest BCUT2D eigenvalue weighted by Crippen LogP contribution is 2.22. The fourth-order valence-electron chi connectivity index (χ4n) is 4.27. The molecule has 0 aliphatic carbocycles. The molecule has 0 unspecified atom stereocenters. The van der Waals surface area contributed by atoms with E-state index < -0.39 is 0 Å². The summed E-state index contributed by atoms with van der Waals surface area (Å²) in [4.78, 5) is 15.2. The van der Waals surface area contributed by atoms with Gasteiger partial charge in [0.1, 0.15) is 0 Å². The Morgan fingerprint density at radius 3 is 2.35 bits per heavy atom. The van der Waals surface area contributed by atoms with Gasteiger partial charge in [-0.05, 0) is 66.6 Å². The van der Waals surface area contributed by atoms with Crippen molar-refractivity contribution in [1.29, 1.82) is 0 Å². The molecule has 5 rings (SSSR count). The minimum atomic E-state index is 0.0942. The highest BCUT2D eigenvalue weighted by molar-refractivity contribution is 5.99. The molecular weight excluding hydrogens is 428 g/mol. The molecule has 7 heteroatoms. The van der Waals surface area contributed by atoms with Crippen LogP contribution in [0.2, 0.25) is 0 Å². The zero-order valence-corrected chi connectivity index (χ0v) is 19.0. The maximum atomic E-state index is 12.9. The molecule has 1 fully saturated rings. The largest absolute Gasteiger partial charge is 0.411 e. The molecule has 2 heterocycles. The number of carbonyl (C=O) groups is 1. The lowest BCUT2D eigenvalue weighted by Crippen LogP contribution is -2.36. The number of hydrogen-bond acceptors (Lipinski definition) is 6. The Kier molecular flexibility index (Phi) is 6.10. The van der Waals surface area contributed by atoms with Crippen molar-refractivity contribution in [3.8, 4) is 5.69 Å². The average molecular weight is 455 g/mol. The van der Waals surface area contributed by atoms with Crippen molar-refractivity contribution in [2.75, 3.05) is 31.2 Å². The number of carbonyl (C=O) groups excluding carboxylic acids is 1. The number of oxime groups is 1. The average Bonchev–Trinajstić information content (AvgIpc) is 3.32. The van der Waals surface area contributed by atoms with Crippen LogP contribution in [0.1, 0.15) is 28.4 Å². The number of nitrogens with zero attached hydrogens (tertiary/aromatic N) is 4. The van der Waals surface area contributed by atoms with Gasteiger partial charge in [-0.1, -0.05) is 23.4 Å². The van der Waals surface area contributed by atoms with Crippen LogP contribution in [0, 0.1) is 0 Å². The van der Waals surface area contributed by atoms with E-state index in [9.17, 15) is 4.79 Å². The van der Waals surface area contributed by atoms with Gasteiger partial charge < -0.3 is 14.8 Å². The van der Waals surface area contributed by atoms with Crippen molar-refractivity contribution in [3.63, 3.8) is 0 Å². The Balaban J connectivity index is 1.31. The number of morpholine rings is 1. The molecule has 172 valence electrons. The van der Waals surface area contributed by atoms with Crippen LogP contribution in [0.5, 0.6) is 0 Å². The minimum absolute atomic E-state index is 0.0942. The van der Waals surface area contributed by atoms with Crippen molar-refractivity contribution in [2.45, 2.75) is 13.3 Å². The van der Waals surface area contributed by atoms with Crippen LogP contribution in [0.4, 0.5) is 5.69 Å². The second-order valence-electron chi connectivity index (χ2n) is 8.43. The van der Waals surface area contributed by atoms with E-state index in [1.165, 1.54) is 0 Å². The van der Waals surface area contributed by atoms with Gasteiger partial charge in [0.15, 0.2) is 5.78 Å². The molecule has 3 aromatic carbocycles. The summed E-state index contributed by atoms with van der Waals surface area (Å²) >= 11 is 0.